The van der Waals surface area contributed by atoms with Crippen LogP contribution in [0.15, 0.2) is 39.8 Å². The summed E-state index contributed by atoms with van der Waals surface area (Å²) in [4.78, 5) is 22.9. The first kappa shape index (κ1) is 17.2. The molecule has 8 heteroatoms. The lowest BCUT2D eigenvalue weighted by molar-refractivity contribution is 0.0683. The molecule has 8 nitrogen and oxygen atoms in total. The molecule has 0 aliphatic carbocycles. The second kappa shape index (κ2) is 7.54. The lowest BCUT2D eigenvalue weighted by atomic mass is 10.3. The van der Waals surface area contributed by atoms with Crippen LogP contribution in [-0.2, 0) is 17.8 Å². The van der Waals surface area contributed by atoms with Crippen molar-refractivity contribution in [2.24, 2.45) is 0 Å². The average Bonchev–Trinajstić information content (AvgIpc) is 3.03. The Morgan fingerprint density at radius 3 is 2.96 bits per heavy atom. The zero-order chi connectivity index (χ0) is 17.8. The molecule has 0 unspecified atom stereocenters. The van der Waals surface area contributed by atoms with Crippen molar-refractivity contribution < 1.29 is 9.26 Å². The molecule has 0 radical (unpaired) electrons. The first-order valence-electron chi connectivity index (χ1n) is 8.16. The summed E-state index contributed by atoms with van der Waals surface area (Å²) in [6.07, 6.45) is 1.51. The molecule has 0 saturated carbocycles. The molecule has 0 fully saturated rings. The van der Waals surface area contributed by atoms with Crippen molar-refractivity contribution in [1.29, 1.82) is 0 Å². The molecule has 132 valence electrons. The molecule has 0 amide bonds. The van der Waals surface area contributed by atoms with Gasteiger partial charge in [0.25, 0.3) is 5.56 Å². The van der Waals surface area contributed by atoms with Crippen molar-refractivity contribution in [2.45, 2.75) is 33.0 Å². The molecular formula is C17H21N5O3. The SMILES string of the molecule is CCO[C@@H](C)c1noc(CN(C)Cc2cc(=O)n3ccccc3n2)n1. The lowest BCUT2D eigenvalue weighted by Crippen LogP contribution is -2.22. The van der Waals surface area contributed by atoms with Crippen LogP contribution in [0.4, 0.5) is 0 Å². The molecule has 3 aromatic rings. The fourth-order valence-electron chi connectivity index (χ4n) is 2.57. The summed E-state index contributed by atoms with van der Waals surface area (Å²) >= 11 is 0. The van der Waals surface area contributed by atoms with E-state index in [0.717, 1.165) is 0 Å². The van der Waals surface area contributed by atoms with Crippen LogP contribution in [0.5, 0.6) is 0 Å². The molecule has 0 bridgehead atoms. The Bertz CT molecular complexity index is 904. The van der Waals surface area contributed by atoms with Crippen LogP contribution in [-0.4, -0.2) is 38.1 Å². The molecule has 3 heterocycles. The maximum absolute atomic E-state index is 12.1. The molecule has 1 atom stereocenters. The van der Waals surface area contributed by atoms with Crippen molar-refractivity contribution in [1.82, 2.24) is 24.4 Å². The van der Waals surface area contributed by atoms with Gasteiger partial charge >= 0.3 is 0 Å². The largest absolute Gasteiger partial charge is 0.371 e. The van der Waals surface area contributed by atoms with Crippen LogP contribution < -0.4 is 5.56 Å². The predicted molar refractivity (Wildman–Crippen MR) is 91.0 cm³/mol. The summed E-state index contributed by atoms with van der Waals surface area (Å²) in [5.41, 5.74) is 1.23. The number of aromatic nitrogens is 4. The predicted octanol–water partition coefficient (Wildman–Crippen LogP) is 1.81. The number of ether oxygens (including phenoxy) is 1. The number of pyridine rings is 1. The van der Waals surface area contributed by atoms with E-state index < -0.39 is 0 Å². The van der Waals surface area contributed by atoms with E-state index >= 15 is 0 Å². The monoisotopic (exact) mass is 343 g/mol. The van der Waals surface area contributed by atoms with E-state index in [1.165, 1.54) is 4.40 Å². The Labute approximate surface area is 145 Å². The number of nitrogens with zero attached hydrogens (tertiary/aromatic N) is 5. The molecule has 0 spiro atoms. The molecule has 0 saturated heterocycles. The molecule has 25 heavy (non-hydrogen) atoms. The molecule has 0 N–H and O–H groups in total. The Morgan fingerprint density at radius 2 is 2.16 bits per heavy atom. The van der Waals surface area contributed by atoms with Gasteiger partial charge in [-0.3, -0.25) is 14.1 Å². The van der Waals surface area contributed by atoms with E-state index in [-0.39, 0.29) is 11.7 Å². The molecule has 3 rings (SSSR count). The Hall–Kier alpha value is -2.58. The van der Waals surface area contributed by atoms with Gasteiger partial charge in [-0.25, -0.2) is 4.98 Å². The van der Waals surface area contributed by atoms with Crippen LogP contribution >= 0.6 is 0 Å². The highest BCUT2D eigenvalue weighted by Gasteiger charge is 2.15. The summed E-state index contributed by atoms with van der Waals surface area (Å²) in [7, 11) is 1.91. The van der Waals surface area contributed by atoms with Gasteiger partial charge in [0.2, 0.25) is 5.89 Å². The van der Waals surface area contributed by atoms with Crippen LogP contribution in [0.25, 0.3) is 5.65 Å². The van der Waals surface area contributed by atoms with Gasteiger partial charge in [0.05, 0.1) is 12.2 Å². The molecular weight excluding hydrogens is 322 g/mol. The van der Waals surface area contributed by atoms with Gasteiger partial charge < -0.3 is 9.26 Å². The molecule has 0 aromatic carbocycles. The van der Waals surface area contributed by atoms with E-state index in [1.54, 1.807) is 18.3 Å². The first-order valence-corrected chi connectivity index (χ1v) is 8.16. The van der Waals surface area contributed by atoms with E-state index in [1.807, 2.05) is 37.9 Å². The van der Waals surface area contributed by atoms with Crippen molar-refractivity contribution >= 4 is 5.65 Å². The Morgan fingerprint density at radius 1 is 1.32 bits per heavy atom. The van der Waals surface area contributed by atoms with E-state index in [4.69, 9.17) is 9.26 Å². The van der Waals surface area contributed by atoms with Gasteiger partial charge in [0.1, 0.15) is 11.8 Å². The highest BCUT2D eigenvalue weighted by atomic mass is 16.5. The fraction of sp³-hybridized carbons (Fsp3) is 0.412. The normalized spacial score (nSPS) is 12.8. The summed E-state index contributed by atoms with van der Waals surface area (Å²) in [5.74, 6) is 1.04. The van der Waals surface area contributed by atoms with Crippen molar-refractivity contribution in [3.63, 3.8) is 0 Å². The number of fused-ring (bicyclic) bond motifs is 1. The van der Waals surface area contributed by atoms with Crippen LogP contribution in [0.1, 0.15) is 37.4 Å². The summed E-state index contributed by atoms with van der Waals surface area (Å²) < 4.78 is 12.2. The van der Waals surface area contributed by atoms with Crippen molar-refractivity contribution in [3.05, 3.63) is 58.2 Å². The zero-order valence-corrected chi connectivity index (χ0v) is 14.5. The number of rotatable bonds is 7. The van der Waals surface area contributed by atoms with E-state index in [0.29, 0.717) is 42.8 Å². The van der Waals surface area contributed by atoms with Crippen LogP contribution in [0, 0.1) is 0 Å². The maximum atomic E-state index is 12.1. The van der Waals surface area contributed by atoms with E-state index in [2.05, 4.69) is 15.1 Å². The third-order valence-electron chi connectivity index (χ3n) is 3.73. The van der Waals surface area contributed by atoms with Crippen molar-refractivity contribution in [2.75, 3.05) is 13.7 Å². The van der Waals surface area contributed by atoms with Crippen LogP contribution in [0.3, 0.4) is 0 Å². The highest BCUT2D eigenvalue weighted by Crippen LogP contribution is 2.13. The molecule has 0 aliphatic rings. The molecule has 0 aliphatic heterocycles. The third kappa shape index (κ3) is 4.09. The minimum Gasteiger partial charge on any atom is -0.371 e. The van der Waals surface area contributed by atoms with Gasteiger partial charge in [0.15, 0.2) is 5.82 Å². The van der Waals surface area contributed by atoms with Gasteiger partial charge in [-0.05, 0) is 33.0 Å². The minimum absolute atomic E-state index is 0.0976. The highest BCUT2D eigenvalue weighted by molar-refractivity contribution is 5.37. The first-order chi connectivity index (χ1) is 12.1. The third-order valence-corrected chi connectivity index (χ3v) is 3.73. The standard InChI is InChI=1S/C17H21N5O3/c1-4-24-12(2)17-19-15(25-20-17)11-21(3)10-13-9-16(23)22-8-6-5-7-14(22)18-13/h5-9,12H,4,10-11H2,1-3H3/t12-/m0/s1. The maximum Gasteiger partial charge on any atom is 0.258 e. The average molecular weight is 343 g/mol. The number of hydrogen-bond acceptors (Lipinski definition) is 7. The van der Waals surface area contributed by atoms with E-state index in [9.17, 15) is 4.79 Å². The van der Waals surface area contributed by atoms with Gasteiger partial charge in [-0.2, -0.15) is 4.98 Å². The van der Waals surface area contributed by atoms with Gasteiger partial charge in [-0.15, -0.1) is 0 Å². The van der Waals surface area contributed by atoms with Crippen LogP contribution in [0.2, 0.25) is 0 Å². The van der Waals surface area contributed by atoms with Gasteiger partial charge in [-0.1, -0.05) is 11.2 Å². The Balaban J connectivity index is 1.68. The Kier molecular flexibility index (Phi) is 5.20. The van der Waals surface area contributed by atoms with Crippen molar-refractivity contribution in [3.8, 4) is 0 Å². The molecule has 3 aromatic heterocycles. The second-order valence-electron chi connectivity index (χ2n) is 5.83. The summed E-state index contributed by atoms with van der Waals surface area (Å²) in [5, 5.41) is 3.94. The lowest BCUT2D eigenvalue weighted by Gasteiger charge is -2.13. The zero-order valence-electron chi connectivity index (χ0n) is 14.5. The fourth-order valence-corrected chi connectivity index (χ4v) is 2.57. The second-order valence-corrected chi connectivity index (χ2v) is 5.83. The quantitative estimate of drug-likeness (QED) is 0.646. The smallest absolute Gasteiger partial charge is 0.258 e. The topological polar surface area (TPSA) is 85.8 Å². The van der Waals surface area contributed by atoms with Gasteiger partial charge in [0, 0.05) is 25.4 Å². The summed E-state index contributed by atoms with van der Waals surface area (Å²) in [6.45, 7) is 5.36. The minimum atomic E-state index is -0.199. The number of hydrogen-bond donors (Lipinski definition) is 0. The summed E-state index contributed by atoms with van der Waals surface area (Å²) in [6, 6.07) is 7.01.